The van der Waals surface area contributed by atoms with Crippen LogP contribution in [-0.4, -0.2) is 38.3 Å². The quantitative estimate of drug-likeness (QED) is 0.722. The standard InChI is InChI=1S/C19H21F3N2O3S/c1-3-24(4-2)28(26,27)18-11-14(6-8-16(18)21)19(25)23-10-9-13-5-7-15(20)12-17(13)22/h5-8,11-12H,3-4,9-10H2,1-2H3,(H,23,25). The van der Waals surface area contributed by atoms with Crippen molar-refractivity contribution in [3.63, 3.8) is 0 Å². The van der Waals surface area contributed by atoms with E-state index in [1.54, 1.807) is 13.8 Å². The Morgan fingerprint density at radius 1 is 1.00 bits per heavy atom. The third-order valence-electron chi connectivity index (χ3n) is 4.21. The van der Waals surface area contributed by atoms with E-state index in [1.807, 2.05) is 0 Å². The second-order valence-corrected chi connectivity index (χ2v) is 7.88. The van der Waals surface area contributed by atoms with E-state index in [0.29, 0.717) is 0 Å². The molecule has 2 aromatic rings. The number of nitrogens with zero attached hydrogens (tertiary/aromatic N) is 1. The third-order valence-corrected chi connectivity index (χ3v) is 6.28. The molecule has 0 bridgehead atoms. The van der Waals surface area contributed by atoms with Gasteiger partial charge in [-0.15, -0.1) is 0 Å². The molecule has 0 aliphatic heterocycles. The Morgan fingerprint density at radius 3 is 2.29 bits per heavy atom. The largest absolute Gasteiger partial charge is 0.352 e. The van der Waals surface area contributed by atoms with Crippen LogP contribution >= 0.6 is 0 Å². The number of amides is 1. The summed E-state index contributed by atoms with van der Waals surface area (Å²) < 4.78 is 66.8. The molecule has 1 N–H and O–H groups in total. The topological polar surface area (TPSA) is 66.5 Å². The van der Waals surface area contributed by atoms with E-state index in [2.05, 4.69) is 5.32 Å². The third kappa shape index (κ3) is 4.90. The lowest BCUT2D eigenvalue weighted by molar-refractivity contribution is 0.0953. The maximum absolute atomic E-state index is 14.1. The minimum Gasteiger partial charge on any atom is -0.352 e. The zero-order valence-corrected chi connectivity index (χ0v) is 16.3. The number of sulfonamides is 1. The van der Waals surface area contributed by atoms with E-state index in [4.69, 9.17) is 0 Å². The molecular weight excluding hydrogens is 393 g/mol. The molecule has 0 fully saturated rings. The molecule has 0 saturated heterocycles. The maximum atomic E-state index is 14.1. The van der Waals surface area contributed by atoms with Crippen LogP contribution in [-0.2, 0) is 16.4 Å². The summed E-state index contributed by atoms with van der Waals surface area (Å²) in [5.41, 5.74) is 0.192. The minimum absolute atomic E-state index is 0.0355. The highest BCUT2D eigenvalue weighted by atomic mass is 32.2. The minimum atomic E-state index is -4.07. The normalized spacial score (nSPS) is 11.6. The van der Waals surface area contributed by atoms with Crippen molar-refractivity contribution in [2.45, 2.75) is 25.2 Å². The Kier molecular flexibility index (Phi) is 7.20. The fourth-order valence-electron chi connectivity index (χ4n) is 2.68. The molecule has 28 heavy (non-hydrogen) atoms. The van der Waals surface area contributed by atoms with Gasteiger partial charge in [0.15, 0.2) is 0 Å². The molecule has 0 aromatic heterocycles. The maximum Gasteiger partial charge on any atom is 0.251 e. The highest BCUT2D eigenvalue weighted by Gasteiger charge is 2.26. The molecule has 0 saturated carbocycles. The van der Waals surface area contributed by atoms with Crippen LogP contribution in [0.15, 0.2) is 41.3 Å². The van der Waals surface area contributed by atoms with Crippen molar-refractivity contribution in [3.05, 3.63) is 65.0 Å². The van der Waals surface area contributed by atoms with Crippen molar-refractivity contribution in [3.8, 4) is 0 Å². The first-order chi connectivity index (χ1) is 13.2. The number of halogens is 3. The predicted molar refractivity (Wildman–Crippen MR) is 98.9 cm³/mol. The van der Waals surface area contributed by atoms with Crippen molar-refractivity contribution >= 4 is 15.9 Å². The highest BCUT2D eigenvalue weighted by Crippen LogP contribution is 2.21. The van der Waals surface area contributed by atoms with Crippen molar-refractivity contribution in [1.82, 2.24) is 9.62 Å². The zero-order chi connectivity index (χ0) is 20.9. The lowest BCUT2D eigenvalue weighted by Gasteiger charge is -2.19. The molecule has 0 radical (unpaired) electrons. The van der Waals surface area contributed by atoms with Crippen LogP contribution < -0.4 is 5.32 Å². The van der Waals surface area contributed by atoms with Crippen LogP contribution in [0.1, 0.15) is 29.8 Å². The highest BCUT2D eigenvalue weighted by molar-refractivity contribution is 7.89. The Hall–Kier alpha value is -2.39. The second kappa shape index (κ2) is 9.20. The summed E-state index contributed by atoms with van der Waals surface area (Å²) in [6.45, 7) is 3.63. The van der Waals surface area contributed by atoms with Crippen molar-refractivity contribution in [1.29, 1.82) is 0 Å². The van der Waals surface area contributed by atoms with Crippen LogP contribution in [0, 0.1) is 17.5 Å². The number of carbonyl (C=O) groups excluding carboxylic acids is 1. The van der Waals surface area contributed by atoms with E-state index >= 15 is 0 Å². The van der Waals surface area contributed by atoms with Gasteiger partial charge in [0, 0.05) is 31.3 Å². The fraction of sp³-hybridized carbons (Fsp3) is 0.316. The molecule has 0 aliphatic rings. The van der Waals surface area contributed by atoms with Crippen molar-refractivity contribution in [2.75, 3.05) is 19.6 Å². The average Bonchev–Trinajstić information content (AvgIpc) is 2.64. The van der Waals surface area contributed by atoms with Gasteiger partial charge in [-0.25, -0.2) is 21.6 Å². The summed E-state index contributed by atoms with van der Waals surface area (Å²) >= 11 is 0. The van der Waals surface area contributed by atoms with Gasteiger partial charge in [0.2, 0.25) is 10.0 Å². The summed E-state index contributed by atoms with van der Waals surface area (Å²) in [5.74, 6) is -2.99. The predicted octanol–water partition coefficient (Wildman–Crippen LogP) is 3.11. The van der Waals surface area contributed by atoms with Crippen LogP contribution in [0.3, 0.4) is 0 Å². The molecule has 0 atom stereocenters. The molecule has 2 rings (SSSR count). The molecule has 152 valence electrons. The van der Waals surface area contributed by atoms with Gasteiger partial charge in [-0.2, -0.15) is 4.31 Å². The van der Waals surface area contributed by atoms with Crippen LogP contribution in [0.5, 0.6) is 0 Å². The SMILES string of the molecule is CCN(CC)S(=O)(=O)c1cc(C(=O)NCCc2ccc(F)cc2F)ccc1F. The van der Waals surface area contributed by atoms with E-state index in [1.165, 1.54) is 12.1 Å². The lowest BCUT2D eigenvalue weighted by Crippen LogP contribution is -2.32. The summed E-state index contributed by atoms with van der Waals surface area (Å²) in [7, 11) is -4.07. The number of nitrogens with one attached hydrogen (secondary N) is 1. The number of benzene rings is 2. The Morgan fingerprint density at radius 2 is 1.68 bits per heavy atom. The Balaban J connectivity index is 2.14. The van der Waals surface area contributed by atoms with Crippen molar-refractivity contribution in [2.24, 2.45) is 0 Å². The van der Waals surface area contributed by atoms with Gasteiger partial charge in [-0.05, 0) is 36.2 Å². The first-order valence-corrected chi connectivity index (χ1v) is 10.2. The van der Waals surface area contributed by atoms with E-state index in [9.17, 15) is 26.4 Å². The first-order valence-electron chi connectivity index (χ1n) is 8.72. The molecule has 1 amide bonds. The lowest BCUT2D eigenvalue weighted by atomic mass is 10.1. The smallest absolute Gasteiger partial charge is 0.251 e. The van der Waals surface area contributed by atoms with Gasteiger partial charge in [-0.3, -0.25) is 4.79 Å². The van der Waals surface area contributed by atoms with Gasteiger partial charge in [0.1, 0.15) is 22.3 Å². The first kappa shape index (κ1) is 21.9. The van der Waals surface area contributed by atoms with E-state index < -0.39 is 38.3 Å². The molecule has 0 spiro atoms. The van der Waals surface area contributed by atoms with Gasteiger partial charge in [0.05, 0.1) is 0 Å². The summed E-state index contributed by atoms with van der Waals surface area (Å²) in [6, 6.07) is 6.22. The fourth-order valence-corrected chi connectivity index (χ4v) is 4.23. The zero-order valence-electron chi connectivity index (χ0n) is 15.5. The molecule has 5 nitrogen and oxygen atoms in total. The summed E-state index contributed by atoms with van der Waals surface area (Å²) in [5, 5.41) is 2.51. The molecular formula is C19H21F3N2O3S. The number of hydrogen-bond donors (Lipinski definition) is 1. The molecule has 0 heterocycles. The number of hydrogen-bond acceptors (Lipinski definition) is 3. The molecule has 0 unspecified atom stereocenters. The van der Waals surface area contributed by atoms with Crippen molar-refractivity contribution < 1.29 is 26.4 Å². The summed E-state index contributed by atoms with van der Waals surface area (Å²) in [6.07, 6.45) is 0.115. The van der Waals surface area contributed by atoms with Crippen LogP contribution in [0.25, 0.3) is 0 Å². The molecule has 9 heteroatoms. The van der Waals surface area contributed by atoms with E-state index in [0.717, 1.165) is 28.6 Å². The van der Waals surface area contributed by atoms with Gasteiger partial charge in [0.25, 0.3) is 5.91 Å². The number of carbonyl (C=O) groups is 1. The van der Waals surface area contributed by atoms with Gasteiger partial charge >= 0.3 is 0 Å². The average molecular weight is 414 g/mol. The van der Waals surface area contributed by atoms with Crippen LogP contribution in [0.2, 0.25) is 0 Å². The molecule has 0 aliphatic carbocycles. The Bertz CT molecular complexity index is 961. The van der Waals surface area contributed by atoms with E-state index in [-0.39, 0.29) is 37.2 Å². The Labute approximate surface area is 162 Å². The second-order valence-electron chi connectivity index (χ2n) is 5.98. The van der Waals surface area contributed by atoms with Crippen LogP contribution in [0.4, 0.5) is 13.2 Å². The number of rotatable bonds is 8. The van der Waals surface area contributed by atoms with Gasteiger partial charge < -0.3 is 5.32 Å². The summed E-state index contributed by atoms with van der Waals surface area (Å²) in [4.78, 5) is 11.7. The van der Waals surface area contributed by atoms with Gasteiger partial charge in [-0.1, -0.05) is 19.9 Å². The molecule has 2 aromatic carbocycles. The monoisotopic (exact) mass is 414 g/mol.